The zero-order valence-electron chi connectivity index (χ0n) is 9.55. The number of aromatic nitrogens is 1. The van der Waals surface area contributed by atoms with Crippen molar-refractivity contribution in [2.45, 2.75) is 0 Å². The lowest BCUT2D eigenvalue weighted by molar-refractivity contribution is 0.102. The number of carbonyl (C=O) groups is 1. The van der Waals surface area contributed by atoms with Gasteiger partial charge in [-0.1, -0.05) is 62.3 Å². The number of amides is 1. The average Bonchev–Trinajstić information content (AvgIpc) is 2.36. The largest absolute Gasteiger partial charge is 0.319 e. The van der Waals surface area contributed by atoms with Crippen LogP contribution >= 0.6 is 62.3 Å². The van der Waals surface area contributed by atoms with Gasteiger partial charge in [0.05, 0.1) is 26.3 Å². The molecule has 2 rings (SSSR count). The molecule has 104 valence electrons. The first-order chi connectivity index (χ1) is 9.38. The van der Waals surface area contributed by atoms with Crippen LogP contribution in [-0.4, -0.2) is 10.9 Å². The Morgan fingerprint density at radius 3 is 2.25 bits per heavy atom. The van der Waals surface area contributed by atoms with Gasteiger partial charge >= 0.3 is 0 Å². The number of carbonyl (C=O) groups excluding carboxylic acids is 1. The van der Waals surface area contributed by atoms with Crippen LogP contribution in [0.25, 0.3) is 0 Å². The summed E-state index contributed by atoms with van der Waals surface area (Å²) in [7, 11) is 0. The summed E-state index contributed by atoms with van der Waals surface area (Å²) in [6, 6.07) is 4.59. The van der Waals surface area contributed by atoms with Crippen molar-refractivity contribution < 1.29 is 4.79 Å². The van der Waals surface area contributed by atoms with E-state index in [0.717, 1.165) is 0 Å². The smallest absolute Gasteiger partial charge is 0.257 e. The van der Waals surface area contributed by atoms with Crippen LogP contribution in [0.1, 0.15) is 10.4 Å². The van der Waals surface area contributed by atoms with Gasteiger partial charge in [-0.15, -0.1) is 0 Å². The van der Waals surface area contributed by atoms with Crippen LogP contribution in [0.15, 0.2) is 28.9 Å². The van der Waals surface area contributed by atoms with Gasteiger partial charge in [0.25, 0.3) is 5.91 Å². The SMILES string of the molecule is O=C(Nc1c(Cl)cc(Br)cc1Cl)c1cc(Cl)ncc1Cl. The van der Waals surface area contributed by atoms with Crippen molar-refractivity contribution in [1.82, 2.24) is 4.98 Å². The molecule has 0 aliphatic carbocycles. The van der Waals surface area contributed by atoms with Crippen molar-refractivity contribution in [3.05, 3.63) is 54.7 Å². The molecule has 0 atom stereocenters. The van der Waals surface area contributed by atoms with Gasteiger partial charge in [-0.05, 0) is 18.2 Å². The molecular formula is C12H5BrCl4N2O. The Kier molecular flexibility index (Phi) is 5.15. The van der Waals surface area contributed by atoms with Crippen LogP contribution in [0.2, 0.25) is 20.2 Å². The van der Waals surface area contributed by atoms with Gasteiger partial charge in [0, 0.05) is 10.7 Å². The molecule has 1 aromatic carbocycles. The fourth-order valence-corrected chi connectivity index (χ4v) is 3.08. The molecule has 0 fully saturated rings. The summed E-state index contributed by atoms with van der Waals surface area (Å²) in [5.41, 5.74) is 0.479. The van der Waals surface area contributed by atoms with Crippen LogP contribution < -0.4 is 5.32 Å². The van der Waals surface area contributed by atoms with Gasteiger partial charge in [-0.25, -0.2) is 4.98 Å². The minimum atomic E-state index is -0.481. The Labute approximate surface area is 143 Å². The maximum Gasteiger partial charge on any atom is 0.257 e. The number of pyridine rings is 1. The molecule has 0 unspecified atom stereocenters. The van der Waals surface area contributed by atoms with Gasteiger partial charge < -0.3 is 5.32 Å². The number of rotatable bonds is 2. The molecule has 0 aliphatic heterocycles. The molecule has 20 heavy (non-hydrogen) atoms. The Bertz CT molecular complexity index is 670. The molecule has 0 saturated carbocycles. The lowest BCUT2D eigenvalue weighted by Crippen LogP contribution is -2.13. The lowest BCUT2D eigenvalue weighted by Gasteiger charge is -2.10. The molecule has 1 heterocycles. The highest BCUT2D eigenvalue weighted by atomic mass is 79.9. The maximum atomic E-state index is 12.2. The van der Waals surface area contributed by atoms with Crippen molar-refractivity contribution in [3.8, 4) is 0 Å². The number of hydrogen-bond donors (Lipinski definition) is 1. The molecule has 0 spiro atoms. The Morgan fingerprint density at radius 1 is 1.05 bits per heavy atom. The normalized spacial score (nSPS) is 10.4. The first-order valence-electron chi connectivity index (χ1n) is 5.15. The van der Waals surface area contributed by atoms with Gasteiger partial charge in [0.15, 0.2) is 0 Å². The van der Waals surface area contributed by atoms with Crippen LogP contribution in [0.5, 0.6) is 0 Å². The summed E-state index contributed by atoms with van der Waals surface area (Å²) >= 11 is 27.0. The van der Waals surface area contributed by atoms with Gasteiger partial charge in [0.1, 0.15) is 5.15 Å². The molecular weight excluding hydrogens is 410 g/mol. The van der Waals surface area contributed by atoms with Crippen LogP contribution in [0, 0.1) is 0 Å². The summed E-state index contributed by atoms with van der Waals surface area (Å²) in [5.74, 6) is -0.481. The predicted molar refractivity (Wildman–Crippen MR) is 86.4 cm³/mol. The molecule has 3 nitrogen and oxygen atoms in total. The summed E-state index contributed by atoms with van der Waals surface area (Å²) in [4.78, 5) is 15.9. The fraction of sp³-hybridized carbons (Fsp3) is 0. The molecule has 0 radical (unpaired) electrons. The molecule has 1 aromatic heterocycles. The predicted octanol–water partition coefficient (Wildman–Crippen LogP) is 5.71. The highest BCUT2D eigenvalue weighted by molar-refractivity contribution is 9.10. The lowest BCUT2D eigenvalue weighted by atomic mass is 10.2. The topological polar surface area (TPSA) is 42.0 Å². The first-order valence-corrected chi connectivity index (χ1v) is 7.46. The van der Waals surface area contributed by atoms with E-state index in [1.807, 2.05) is 0 Å². The standard InChI is InChI=1S/C12H5BrCl4N2O/c13-5-1-7(14)11(8(15)2-5)19-12(20)6-3-10(17)18-4-9(6)16/h1-4H,(H,19,20). The summed E-state index contributed by atoms with van der Waals surface area (Å²) in [6.45, 7) is 0. The third kappa shape index (κ3) is 3.57. The van der Waals surface area contributed by atoms with E-state index in [9.17, 15) is 4.79 Å². The van der Waals surface area contributed by atoms with Crippen molar-refractivity contribution in [2.24, 2.45) is 0 Å². The second-order valence-electron chi connectivity index (χ2n) is 3.69. The van der Waals surface area contributed by atoms with Gasteiger partial charge in [-0.3, -0.25) is 4.79 Å². The van der Waals surface area contributed by atoms with E-state index < -0.39 is 5.91 Å². The third-order valence-corrected chi connectivity index (χ3v) is 3.87. The molecule has 2 aromatic rings. The van der Waals surface area contributed by atoms with Gasteiger partial charge in [0.2, 0.25) is 0 Å². The number of anilines is 1. The number of hydrogen-bond acceptors (Lipinski definition) is 2. The second-order valence-corrected chi connectivity index (χ2v) is 6.21. The van der Waals surface area contributed by atoms with Crippen LogP contribution in [-0.2, 0) is 0 Å². The van der Waals surface area contributed by atoms with Crippen molar-refractivity contribution in [3.63, 3.8) is 0 Å². The molecule has 0 aliphatic rings. The van der Waals surface area contributed by atoms with Gasteiger partial charge in [-0.2, -0.15) is 0 Å². The van der Waals surface area contributed by atoms with Crippen molar-refractivity contribution in [1.29, 1.82) is 0 Å². The highest BCUT2D eigenvalue weighted by Gasteiger charge is 2.16. The van der Waals surface area contributed by atoms with E-state index in [-0.39, 0.29) is 15.7 Å². The van der Waals surface area contributed by atoms with E-state index >= 15 is 0 Å². The summed E-state index contributed by atoms with van der Waals surface area (Å²) in [5, 5.41) is 3.53. The number of nitrogens with zero attached hydrogens (tertiary/aromatic N) is 1. The molecule has 1 N–H and O–H groups in total. The Morgan fingerprint density at radius 2 is 1.65 bits per heavy atom. The van der Waals surface area contributed by atoms with Crippen molar-refractivity contribution >= 4 is 73.9 Å². The molecule has 0 saturated heterocycles. The van der Waals surface area contributed by atoms with Crippen molar-refractivity contribution in [2.75, 3.05) is 5.32 Å². The van der Waals surface area contributed by atoms with E-state index in [1.54, 1.807) is 12.1 Å². The highest BCUT2D eigenvalue weighted by Crippen LogP contribution is 2.34. The summed E-state index contributed by atoms with van der Waals surface area (Å²) in [6.07, 6.45) is 1.30. The monoisotopic (exact) mass is 412 g/mol. The first kappa shape index (κ1) is 15.9. The summed E-state index contributed by atoms with van der Waals surface area (Å²) < 4.78 is 0.704. The molecule has 0 bridgehead atoms. The van der Waals surface area contributed by atoms with E-state index in [2.05, 4.69) is 26.2 Å². The number of benzene rings is 1. The minimum Gasteiger partial charge on any atom is -0.319 e. The fourth-order valence-electron chi connectivity index (χ4n) is 1.43. The van der Waals surface area contributed by atoms with E-state index in [0.29, 0.717) is 20.2 Å². The van der Waals surface area contributed by atoms with Crippen LogP contribution in [0.4, 0.5) is 5.69 Å². The quantitative estimate of drug-likeness (QED) is 0.639. The van der Waals surface area contributed by atoms with E-state index in [1.165, 1.54) is 12.3 Å². The number of nitrogens with one attached hydrogen (secondary N) is 1. The maximum absolute atomic E-state index is 12.2. The second kappa shape index (κ2) is 6.50. The third-order valence-electron chi connectivity index (χ3n) is 2.31. The zero-order chi connectivity index (χ0) is 14.9. The minimum absolute atomic E-state index is 0.160. The Balaban J connectivity index is 2.35. The molecule has 8 heteroatoms. The Hall–Kier alpha value is -0.520. The zero-order valence-corrected chi connectivity index (χ0v) is 14.2. The van der Waals surface area contributed by atoms with E-state index in [4.69, 9.17) is 46.4 Å². The number of halogens is 5. The average molecular weight is 415 g/mol. The van der Waals surface area contributed by atoms with Crippen LogP contribution in [0.3, 0.4) is 0 Å². The molecule has 1 amide bonds.